The van der Waals surface area contributed by atoms with Gasteiger partial charge in [-0.2, -0.15) is 0 Å². The van der Waals surface area contributed by atoms with Crippen LogP contribution in [0.4, 0.5) is 11.4 Å². The molecule has 0 spiro atoms. The average molecular weight is 372 g/mol. The highest BCUT2D eigenvalue weighted by Crippen LogP contribution is 2.20. The van der Waals surface area contributed by atoms with Crippen molar-refractivity contribution in [2.45, 2.75) is 6.42 Å². The van der Waals surface area contributed by atoms with Crippen LogP contribution in [0.3, 0.4) is 0 Å². The van der Waals surface area contributed by atoms with Crippen LogP contribution in [0.1, 0.15) is 16.1 Å². The Hall–Kier alpha value is -4.00. The highest BCUT2D eigenvalue weighted by Gasteiger charge is 2.13. The van der Waals surface area contributed by atoms with Crippen LogP contribution >= 0.6 is 0 Å². The number of anilines is 2. The molecule has 0 saturated heterocycles. The fraction of sp³-hybridized carbons (Fsp3) is 0.0476. The van der Waals surface area contributed by atoms with E-state index in [2.05, 4.69) is 20.8 Å². The Kier molecular flexibility index (Phi) is 4.79. The summed E-state index contributed by atoms with van der Waals surface area (Å²) in [6, 6.07) is 17.7. The van der Waals surface area contributed by atoms with Crippen molar-refractivity contribution in [3.63, 3.8) is 0 Å². The third-order valence-electron chi connectivity index (χ3n) is 4.11. The number of hydrogen-bond donors (Lipinski definition) is 2. The zero-order chi connectivity index (χ0) is 19.3. The van der Waals surface area contributed by atoms with Crippen LogP contribution in [0.5, 0.6) is 0 Å². The maximum Gasteiger partial charge on any atom is 0.257 e. The minimum absolute atomic E-state index is 0.0866. The van der Waals surface area contributed by atoms with Gasteiger partial charge in [0.25, 0.3) is 5.91 Å². The topological polar surface area (TPSA) is 97.1 Å². The Morgan fingerprint density at radius 1 is 0.929 bits per heavy atom. The van der Waals surface area contributed by atoms with Gasteiger partial charge in [0.1, 0.15) is 5.69 Å². The molecule has 7 nitrogen and oxygen atoms in total. The predicted octanol–water partition coefficient (Wildman–Crippen LogP) is 3.66. The van der Waals surface area contributed by atoms with Crippen molar-refractivity contribution >= 4 is 34.2 Å². The number of fused-ring (bicyclic) bond motifs is 1. The Labute approximate surface area is 160 Å². The number of para-hydroxylation sites is 1. The van der Waals surface area contributed by atoms with Gasteiger partial charge in [-0.1, -0.05) is 23.4 Å². The van der Waals surface area contributed by atoms with E-state index in [0.717, 1.165) is 5.39 Å². The van der Waals surface area contributed by atoms with E-state index in [0.29, 0.717) is 28.2 Å². The van der Waals surface area contributed by atoms with Crippen molar-refractivity contribution in [2.75, 3.05) is 10.6 Å². The molecule has 0 aliphatic heterocycles. The number of pyridine rings is 1. The average Bonchev–Trinajstić information content (AvgIpc) is 3.12. The molecule has 0 aliphatic carbocycles. The van der Waals surface area contributed by atoms with Crippen molar-refractivity contribution in [3.05, 3.63) is 84.3 Å². The molecule has 0 aliphatic rings. The Morgan fingerprint density at radius 2 is 1.75 bits per heavy atom. The number of nitrogens with one attached hydrogen (secondary N) is 2. The summed E-state index contributed by atoms with van der Waals surface area (Å²) in [6.45, 7) is 0. The number of carbonyl (C=O) groups excluding carboxylic acids is 2. The number of carbonyl (C=O) groups is 2. The standard InChI is InChI=1S/C21H16N4O3/c26-20(12-18-17-8-1-2-9-19(17)28-25-18)23-15-6-3-7-16(11-15)24-21(27)14-5-4-10-22-13-14/h1-11,13H,12H2,(H,23,26)(H,24,27). The second kappa shape index (κ2) is 7.71. The number of benzene rings is 2. The van der Waals surface area contributed by atoms with Crippen LogP contribution in [-0.4, -0.2) is 22.0 Å². The lowest BCUT2D eigenvalue weighted by atomic mass is 10.1. The van der Waals surface area contributed by atoms with Gasteiger partial charge in [-0.05, 0) is 42.5 Å². The molecular formula is C21H16N4O3. The van der Waals surface area contributed by atoms with Crippen molar-refractivity contribution in [1.29, 1.82) is 0 Å². The number of nitrogens with zero attached hydrogens (tertiary/aromatic N) is 2. The van der Waals surface area contributed by atoms with Crippen molar-refractivity contribution in [3.8, 4) is 0 Å². The van der Waals surface area contributed by atoms with Crippen LogP contribution < -0.4 is 10.6 Å². The lowest BCUT2D eigenvalue weighted by molar-refractivity contribution is -0.115. The van der Waals surface area contributed by atoms with Gasteiger partial charge >= 0.3 is 0 Å². The largest absolute Gasteiger partial charge is 0.356 e. The zero-order valence-electron chi connectivity index (χ0n) is 14.8. The van der Waals surface area contributed by atoms with E-state index < -0.39 is 0 Å². The van der Waals surface area contributed by atoms with Crippen LogP contribution in [0.15, 0.2) is 77.6 Å². The van der Waals surface area contributed by atoms with Gasteiger partial charge in [-0.3, -0.25) is 14.6 Å². The van der Waals surface area contributed by atoms with Gasteiger partial charge in [0.05, 0.1) is 12.0 Å². The lowest BCUT2D eigenvalue weighted by Gasteiger charge is -2.08. The van der Waals surface area contributed by atoms with E-state index in [1.807, 2.05) is 18.2 Å². The first kappa shape index (κ1) is 17.4. The van der Waals surface area contributed by atoms with Gasteiger partial charge in [0.2, 0.25) is 5.91 Å². The summed E-state index contributed by atoms with van der Waals surface area (Å²) in [6.07, 6.45) is 3.18. The maximum atomic E-state index is 12.4. The molecule has 2 heterocycles. The molecule has 0 saturated carbocycles. The quantitative estimate of drug-likeness (QED) is 0.557. The fourth-order valence-electron chi connectivity index (χ4n) is 2.80. The molecule has 7 heteroatoms. The molecule has 28 heavy (non-hydrogen) atoms. The van der Waals surface area contributed by atoms with Gasteiger partial charge in [-0.25, -0.2) is 0 Å². The molecular weight excluding hydrogens is 356 g/mol. The molecule has 0 unspecified atom stereocenters. The molecule has 0 radical (unpaired) electrons. The molecule has 2 aromatic heterocycles. The molecule has 2 N–H and O–H groups in total. The van der Waals surface area contributed by atoms with E-state index >= 15 is 0 Å². The summed E-state index contributed by atoms with van der Waals surface area (Å²) in [4.78, 5) is 28.5. The van der Waals surface area contributed by atoms with Crippen molar-refractivity contribution in [2.24, 2.45) is 0 Å². The van der Waals surface area contributed by atoms with E-state index in [1.54, 1.807) is 48.7 Å². The Balaban J connectivity index is 1.43. The zero-order valence-corrected chi connectivity index (χ0v) is 14.8. The molecule has 4 aromatic rings. The minimum Gasteiger partial charge on any atom is -0.356 e. The maximum absolute atomic E-state index is 12.4. The van der Waals surface area contributed by atoms with Crippen molar-refractivity contribution in [1.82, 2.24) is 10.1 Å². The summed E-state index contributed by atoms with van der Waals surface area (Å²) < 4.78 is 5.22. The van der Waals surface area contributed by atoms with Crippen LogP contribution in [-0.2, 0) is 11.2 Å². The molecule has 2 amide bonds. The minimum atomic E-state index is -0.273. The van der Waals surface area contributed by atoms with E-state index in [-0.39, 0.29) is 18.2 Å². The second-order valence-electron chi connectivity index (χ2n) is 6.13. The highest BCUT2D eigenvalue weighted by molar-refractivity contribution is 6.04. The number of hydrogen-bond acceptors (Lipinski definition) is 5. The predicted molar refractivity (Wildman–Crippen MR) is 105 cm³/mol. The third-order valence-corrected chi connectivity index (χ3v) is 4.11. The van der Waals surface area contributed by atoms with Gasteiger partial charge < -0.3 is 15.2 Å². The summed E-state index contributed by atoms with van der Waals surface area (Å²) in [5.74, 6) is -0.500. The SMILES string of the molecule is O=C(Cc1noc2ccccc12)Nc1cccc(NC(=O)c2cccnc2)c1. The first-order valence-corrected chi connectivity index (χ1v) is 8.63. The summed E-state index contributed by atoms with van der Waals surface area (Å²) >= 11 is 0. The number of amides is 2. The van der Waals surface area contributed by atoms with Gasteiger partial charge in [0, 0.05) is 29.2 Å². The number of aromatic nitrogens is 2. The first-order valence-electron chi connectivity index (χ1n) is 8.63. The first-order chi connectivity index (χ1) is 13.7. The number of rotatable bonds is 5. The van der Waals surface area contributed by atoms with Gasteiger partial charge in [-0.15, -0.1) is 0 Å². The summed E-state index contributed by atoms with van der Waals surface area (Å²) in [5.41, 5.74) is 2.81. The Morgan fingerprint density at radius 3 is 2.57 bits per heavy atom. The smallest absolute Gasteiger partial charge is 0.257 e. The molecule has 2 aromatic carbocycles. The highest BCUT2D eigenvalue weighted by atomic mass is 16.5. The third kappa shape index (κ3) is 3.88. The summed E-state index contributed by atoms with van der Waals surface area (Å²) in [5, 5.41) is 10.4. The van der Waals surface area contributed by atoms with Crippen LogP contribution in [0, 0.1) is 0 Å². The molecule has 4 rings (SSSR count). The molecule has 0 bridgehead atoms. The second-order valence-corrected chi connectivity index (χ2v) is 6.13. The van der Waals surface area contributed by atoms with Crippen LogP contribution in [0.2, 0.25) is 0 Å². The monoisotopic (exact) mass is 372 g/mol. The van der Waals surface area contributed by atoms with E-state index in [4.69, 9.17) is 4.52 Å². The molecule has 0 fully saturated rings. The fourth-order valence-corrected chi connectivity index (χ4v) is 2.80. The van der Waals surface area contributed by atoms with E-state index in [1.165, 1.54) is 6.20 Å². The lowest BCUT2D eigenvalue weighted by Crippen LogP contribution is -2.15. The summed E-state index contributed by atoms with van der Waals surface area (Å²) in [7, 11) is 0. The normalized spacial score (nSPS) is 10.6. The molecule has 138 valence electrons. The van der Waals surface area contributed by atoms with Gasteiger partial charge in [0.15, 0.2) is 5.58 Å². The molecule has 0 atom stereocenters. The van der Waals surface area contributed by atoms with Crippen molar-refractivity contribution < 1.29 is 14.1 Å². The Bertz CT molecular complexity index is 1140. The van der Waals surface area contributed by atoms with E-state index in [9.17, 15) is 9.59 Å². The van der Waals surface area contributed by atoms with Crippen LogP contribution in [0.25, 0.3) is 11.0 Å².